The van der Waals surface area contributed by atoms with Crippen molar-refractivity contribution in [1.82, 2.24) is 5.32 Å². The van der Waals surface area contributed by atoms with Crippen LogP contribution in [0.3, 0.4) is 0 Å². The van der Waals surface area contributed by atoms with Gasteiger partial charge in [-0.2, -0.15) is 0 Å². The van der Waals surface area contributed by atoms with Crippen LogP contribution in [0.25, 0.3) is 11.1 Å². The topological polar surface area (TPSA) is 142 Å². The highest BCUT2D eigenvalue weighted by Gasteiger charge is 2.32. The summed E-state index contributed by atoms with van der Waals surface area (Å²) in [5, 5.41) is 30.8. The van der Waals surface area contributed by atoms with Crippen molar-refractivity contribution >= 4 is 29.6 Å². The molecule has 0 radical (unpaired) electrons. The normalized spacial score (nSPS) is 17.7. The fourth-order valence-corrected chi connectivity index (χ4v) is 6.32. The van der Waals surface area contributed by atoms with Crippen molar-refractivity contribution in [1.29, 1.82) is 0 Å². The van der Waals surface area contributed by atoms with Crippen molar-refractivity contribution in [3.05, 3.63) is 125 Å². The van der Waals surface area contributed by atoms with Crippen LogP contribution in [-0.4, -0.2) is 45.0 Å². The Morgan fingerprint density at radius 3 is 2.22 bits per heavy atom. The van der Waals surface area contributed by atoms with Crippen LogP contribution in [-0.2, 0) is 32.2 Å². The number of aliphatic hydroxyl groups excluding tert-OH is 1. The highest BCUT2D eigenvalue weighted by Crippen LogP contribution is 2.40. The third-order valence-corrected chi connectivity index (χ3v) is 8.92. The molecule has 1 saturated heterocycles. The summed E-state index contributed by atoms with van der Waals surface area (Å²) in [6.45, 7) is 0.221. The van der Waals surface area contributed by atoms with Gasteiger partial charge in [-0.3, -0.25) is 9.59 Å². The fourth-order valence-electron chi connectivity index (χ4n) is 5.25. The summed E-state index contributed by atoms with van der Waals surface area (Å²) >= 11 is 1.44. The lowest BCUT2D eigenvalue weighted by atomic mass is 9.97. The fraction of sp³-hybridized carbons (Fsp3) is 0.250. The van der Waals surface area contributed by atoms with Gasteiger partial charge in [-0.1, -0.05) is 84.9 Å². The van der Waals surface area contributed by atoms with Crippen LogP contribution < -0.4 is 5.32 Å². The first-order valence-corrected chi connectivity index (χ1v) is 15.9. The van der Waals surface area contributed by atoms with Crippen LogP contribution in [0, 0.1) is 0 Å². The van der Waals surface area contributed by atoms with Gasteiger partial charge in [0, 0.05) is 35.6 Å². The van der Waals surface area contributed by atoms with Gasteiger partial charge < -0.3 is 30.1 Å². The van der Waals surface area contributed by atoms with Gasteiger partial charge >= 0.3 is 11.9 Å². The first kappa shape index (κ1) is 32.9. The number of benzene rings is 4. The highest BCUT2D eigenvalue weighted by molar-refractivity contribution is 7.99. The van der Waals surface area contributed by atoms with Crippen LogP contribution in [0.1, 0.15) is 64.3 Å². The first-order valence-electron chi connectivity index (χ1n) is 14.9. The molecule has 0 unspecified atom stereocenters. The Morgan fingerprint density at radius 1 is 0.804 bits per heavy atom. The minimum atomic E-state index is -1.01. The van der Waals surface area contributed by atoms with E-state index in [4.69, 9.17) is 14.6 Å². The molecule has 1 aliphatic heterocycles. The van der Waals surface area contributed by atoms with Crippen molar-refractivity contribution in [3.8, 4) is 11.1 Å². The molecule has 4 aromatic carbocycles. The molecule has 10 heteroatoms. The number of aliphatic hydroxyl groups is 1. The minimum Gasteiger partial charge on any atom is -0.481 e. The average Bonchev–Trinajstić information content (AvgIpc) is 3.09. The van der Waals surface area contributed by atoms with Gasteiger partial charge in [-0.15, -0.1) is 11.8 Å². The smallest absolute Gasteiger partial charge is 0.336 e. The number of carboxylic acids is 2. The summed E-state index contributed by atoms with van der Waals surface area (Å²) in [6, 6.07) is 30.1. The maximum atomic E-state index is 12.1. The van der Waals surface area contributed by atoms with Crippen LogP contribution in [0.2, 0.25) is 0 Å². The zero-order chi connectivity index (χ0) is 32.5. The molecule has 0 bridgehead atoms. The van der Waals surface area contributed by atoms with E-state index in [9.17, 15) is 24.6 Å². The van der Waals surface area contributed by atoms with Gasteiger partial charge in [-0.05, 0) is 39.9 Å². The molecule has 0 spiro atoms. The molecule has 0 aliphatic carbocycles. The SMILES string of the molecule is O=C(O)CCC(=O)NCc1ccccc1-c1ccc([C@H]2O[C@@H](CSc3ccccc3C(=O)O)C[C@@H](c3ccc(CO)cc3)O2)cc1. The van der Waals surface area contributed by atoms with E-state index < -0.39 is 18.2 Å². The summed E-state index contributed by atoms with van der Waals surface area (Å²) in [7, 11) is 0. The second-order valence-electron chi connectivity index (χ2n) is 10.9. The van der Waals surface area contributed by atoms with E-state index in [1.165, 1.54) is 11.8 Å². The molecular weight excluding hydrogens is 606 g/mol. The number of hydrogen-bond acceptors (Lipinski definition) is 7. The van der Waals surface area contributed by atoms with Gasteiger partial charge in [0.05, 0.1) is 30.8 Å². The Balaban J connectivity index is 1.33. The lowest BCUT2D eigenvalue weighted by Crippen LogP contribution is -2.31. The number of aliphatic carboxylic acids is 1. The van der Waals surface area contributed by atoms with Crippen LogP contribution in [0.15, 0.2) is 102 Å². The first-order chi connectivity index (χ1) is 22.3. The lowest BCUT2D eigenvalue weighted by molar-refractivity contribution is -0.245. The summed E-state index contributed by atoms with van der Waals surface area (Å²) < 4.78 is 12.9. The maximum absolute atomic E-state index is 12.1. The molecule has 1 fully saturated rings. The monoisotopic (exact) mass is 641 g/mol. The average molecular weight is 642 g/mol. The van der Waals surface area contributed by atoms with Crippen molar-refractivity contribution < 1.29 is 39.2 Å². The lowest BCUT2D eigenvalue weighted by Gasteiger charge is -2.36. The molecular formula is C36H35NO8S. The number of ether oxygens (including phenoxy) is 2. The summed E-state index contributed by atoms with van der Waals surface area (Å²) in [6.07, 6.45) is -0.916. The summed E-state index contributed by atoms with van der Waals surface area (Å²) in [4.78, 5) is 35.3. The number of rotatable bonds is 13. The van der Waals surface area contributed by atoms with E-state index in [0.29, 0.717) is 17.1 Å². The number of amides is 1. The Kier molecular flexibility index (Phi) is 11.2. The molecule has 238 valence electrons. The van der Waals surface area contributed by atoms with E-state index in [1.807, 2.05) is 78.9 Å². The number of carboxylic acid groups (broad SMARTS) is 2. The molecule has 5 rings (SSSR count). The Morgan fingerprint density at radius 2 is 1.50 bits per heavy atom. The number of carbonyl (C=O) groups excluding carboxylic acids is 1. The zero-order valence-electron chi connectivity index (χ0n) is 25.0. The van der Waals surface area contributed by atoms with Crippen LogP contribution in [0.5, 0.6) is 0 Å². The third kappa shape index (κ3) is 8.61. The standard InChI is InChI=1S/C36H35NO8S/c38-21-23-9-11-25(12-10-23)31-19-28(22-46-32-8-4-3-7-30(32)35(42)43)44-36(45-31)26-15-13-24(14-16-26)29-6-2-1-5-27(29)20-37-33(39)17-18-34(40)41/h1-16,28,31,36,38H,17-22H2,(H,37,39)(H,40,41)(H,42,43)/t28-,31+,36+/m1/s1. The maximum Gasteiger partial charge on any atom is 0.336 e. The molecule has 1 amide bonds. The Bertz CT molecular complexity index is 1660. The quantitative estimate of drug-likeness (QED) is 0.123. The zero-order valence-corrected chi connectivity index (χ0v) is 25.8. The third-order valence-electron chi connectivity index (χ3n) is 7.71. The van der Waals surface area contributed by atoms with Gasteiger partial charge in [0.1, 0.15) is 0 Å². The number of aromatic carboxylic acids is 1. The van der Waals surface area contributed by atoms with Crippen molar-refractivity contribution in [2.75, 3.05) is 5.75 Å². The van der Waals surface area contributed by atoms with Gasteiger partial charge in [0.2, 0.25) is 5.91 Å². The van der Waals surface area contributed by atoms with Gasteiger partial charge in [-0.25, -0.2) is 4.79 Å². The largest absolute Gasteiger partial charge is 0.481 e. The van der Waals surface area contributed by atoms with Gasteiger partial charge in [0.15, 0.2) is 6.29 Å². The van der Waals surface area contributed by atoms with E-state index in [2.05, 4.69) is 5.32 Å². The van der Waals surface area contributed by atoms with E-state index in [1.54, 1.807) is 18.2 Å². The van der Waals surface area contributed by atoms with E-state index in [0.717, 1.165) is 33.4 Å². The second-order valence-corrected chi connectivity index (χ2v) is 12.0. The number of nitrogens with one attached hydrogen (secondary N) is 1. The van der Waals surface area contributed by atoms with E-state index in [-0.39, 0.29) is 49.7 Å². The molecule has 4 aromatic rings. The molecule has 46 heavy (non-hydrogen) atoms. The number of hydrogen-bond donors (Lipinski definition) is 4. The molecule has 1 heterocycles. The van der Waals surface area contributed by atoms with Crippen molar-refractivity contribution in [2.24, 2.45) is 0 Å². The predicted octanol–water partition coefficient (Wildman–Crippen LogP) is 6.36. The summed E-state index contributed by atoms with van der Waals surface area (Å²) in [5.74, 6) is -1.78. The van der Waals surface area contributed by atoms with Crippen molar-refractivity contribution in [3.63, 3.8) is 0 Å². The number of carbonyl (C=O) groups is 3. The van der Waals surface area contributed by atoms with E-state index >= 15 is 0 Å². The summed E-state index contributed by atoms with van der Waals surface area (Å²) in [5.41, 5.74) is 5.61. The second kappa shape index (κ2) is 15.7. The molecule has 1 aliphatic rings. The molecule has 9 nitrogen and oxygen atoms in total. The molecule has 0 saturated carbocycles. The van der Waals surface area contributed by atoms with Crippen LogP contribution >= 0.6 is 11.8 Å². The predicted molar refractivity (Wildman–Crippen MR) is 173 cm³/mol. The Hall–Kier alpha value is -4.48. The minimum absolute atomic E-state index is 0.0492. The number of thioether (sulfide) groups is 1. The highest BCUT2D eigenvalue weighted by atomic mass is 32.2. The van der Waals surface area contributed by atoms with Crippen LogP contribution in [0.4, 0.5) is 0 Å². The molecule has 4 N–H and O–H groups in total. The Labute approximate surface area is 271 Å². The van der Waals surface area contributed by atoms with Crippen molar-refractivity contribution in [2.45, 2.75) is 55.8 Å². The molecule has 3 atom stereocenters. The molecule has 0 aromatic heterocycles. The van der Waals surface area contributed by atoms with Gasteiger partial charge in [0.25, 0.3) is 0 Å².